The van der Waals surface area contributed by atoms with Gasteiger partial charge in [-0.2, -0.15) is 0 Å². The molecule has 0 aromatic heterocycles. The van der Waals surface area contributed by atoms with Crippen LogP contribution in [0.4, 0.5) is 0 Å². The molecule has 8 heteroatoms. The average Bonchev–Trinajstić information content (AvgIpc) is 2.58. The first-order chi connectivity index (χ1) is 12.7. The molecular weight excluding hydrogens is 350 g/mol. The van der Waals surface area contributed by atoms with Crippen molar-refractivity contribution in [2.45, 2.75) is 83.8 Å². The molecule has 154 valence electrons. The first-order valence-corrected chi connectivity index (χ1v) is 9.46. The lowest BCUT2D eigenvalue weighted by atomic mass is 10.0. The summed E-state index contributed by atoms with van der Waals surface area (Å²) in [4.78, 5) is 58.3. The van der Waals surface area contributed by atoms with Crippen molar-refractivity contribution in [3.8, 4) is 0 Å². The number of carbonyl (C=O) groups excluding carboxylic acids is 5. The number of nitrogens with one attached hydrogen (secondary N) is 3. The first-order valence-electron chi connectivity index (χ1n) is 9.46. The minimum absolute atomic E-state index is 0.0221. The number of amides is 2. The molecule has 0 bridgehead atoms. The van der Waals surface area contributed by atoms with Crippen molar-refractivity contribution in [3.63, 3.8) is 0 Å². The van der Waals surface area contributed by atoms with E-state index in [2.05, 4.69) is 16.0 Å². The predicted molar refractivity (Wildman–Crippen MR) is 102 cm³/mol. The van der Waals surface area contributed by atoms with Crippen LogP contribution in [0.3, 0.4) is 0 Å². The van der Waals surface area contributed by atoms with Gasteiger partial charge in [-0.1, -0.05) is 13.8 Å². The summed E-state index contributed by atoms with van der Waals surface area (Å²) in [6, 6.07) is -1.16. The zero-order chi connectivity index (χ0) is 20.8. The summed E-state index contributed by atoms with van der Waals surface area (Å²) in [5.41, 5.74) is 0. The van der Waals surface area contributed by atoms with Crippen molar-refractivity contribution in [2.24, 2.45) is 0 Å². The van der Waals surface area contributed by atoms with Crippen LogP contribution in [0.5, 0.6) is 0 Å². The molecule has 0 fully saturated rings. The summed E-state index contributed by atoms with van der Waals surface area (Å²) in [5, 5.41) is 8.42. The number of aldehydes is 1. The third-order valence-corrected chi connectivity index (χ3v) is 4.28. The zero-order valence-corrected chi connectivity index (χ0v) is 16.8. The van der Waals surface area contributed by atoms with E-state index < -0.39 is 18.0 Å². The second-order valence-corrected chi connectivity index (χ2v) is 6.74. The quantitative estimate of drug-likeness (QED) is 0.357. The van der Waals surface area contributed by atoms with E-state index in [-0.39, 0.29) is 55.6 Å². The van der Waals surface area contributed by atoms with Gasteiger partial charge in [0.1, 0.15) is 17.9 Å². The highest BCUT2D eigenvalue weighted by atomic mass is 16.2. The molecule has 3 N–H and O–H groups in total. The Bertz CT molecular complexity index is 517. The maximum atomic E-state index is 12.3. The molecule has 0 radical (unpaired) electrons. The Hall–Kier alpha value is -2.09. The van der Waals surface area contributed by atoms with Gasteiger partial charge >= 0.3 is 0 Å². The van der Waals surface area contributed by atoms with Gasteiger partial charge in [0, 0.05) is 56.7 Å². The van der Waals surface area contributed by atoms with Crippen LogP contribution in [-0.4, -0.2) is 54.8 Å². The Balaban J connectivity index is 4.82. The summed E-state index contributed by atoms with van der Waals surface area (Å²) in [5.74, 6) is -0.827. The molecule has 0 aromatic carbocycles. The Morgan fingerprint density at radius 1 is 0.852 bits per heavy atom. The van der Waals surface area contributed by atoms with Crippen molar-refractivity contribution in [1.82, 2.24) is 16.0 Å². The molecule has 3 atom stereocenters. The van der Waals surface area contributed by atoms with E-state index in [4.69, 9.17) is 0 Å². The lowest BCUT2D eigenvalue weighted by Gasteiger charge is -2.21. The maximum absolute atomic E-state index is 12.3. The molecule has 2 amide bonds. The topological polar surface area (TPSA) is 121 Å². The van der Waals surface area contributed by atoms with E-state index in [0.29, 0.717) is 12.7 Å². The van der Waals surface area contributed by atoms with Crippen LogP contribution in [0.2, 0.25) is 0 Å². The Labute approximate surface area is 161 Å². The lowest BCUT2D eigenvalue weighted by Crippen LogP contribution is -2.44. The summed E-state index contributed by atoms with van der Waals surface area (Å²) in [6.07, 6.45) is 2.11. The molecule has 0 aliphatic rings. The molecular formula is C19H33N3O5. The van der Waals surface area contributed by atoms with Crippen LogP contribution in [-0.2, 0) is 24.0 Å². The highest BCUT2D eigenvalue weighted by Crippen LogP contribution is 2.06. The van der Waals surface area contributed by atoms with Crippen LogP contribution in [0.1, 0.15) is 65.7 Å². The van der Waals surface area contributed by atoms with Crippen molar-refractivity contribution < 1.29 is 24.0 Å². The Morgan fingerprint density at radius 3 is 1.85 bits per heavy atom. The molecule has 0 saturated carbocycles. The van der Waals surface area contributed by atoms with Gasteiger partial charge in [0.15, 0.2) is 0 Å². The van der Waals surface area contributed by atoms with Gasteiger partial charge in [0.05, 0.1) is 0 Å². The fraction of sp³-hybridized carbons (Fsp3) is 0.737. The molecule has 27 heavy (non-hydrogen) atoms. The number of carbonyl (C=O) groups is 5. The third-order valence-electron chi connectivity index (χ3n) is 4.28. The highest BCUT2D eigenvalue weighted by molar-refractivity contribution is 5.84. The fourth-order valence-corrected chi connectivity index (χ4v) is 2.72. The second-order valence-electron chi connectivity index (χ2n) is 6.74. The molecule has 0 aromatic rings. The SMILES string of the molecule is CCC(=O)CC(CC=O)NC(=O)CC(CC(C)=O)NC(=O)CC(CC)NC. The van der Waals surface area contributed by atoms with Crippen LogP contribution in [0.15, 0.2) is 0 Å². The van der Waals surface area contributed by atoms with E-state index in [1.54, 1.807) is 14.0 Å². The normalized spacial score (nSPS) is 13.9. The van der Waals surface area contributed by atoms with Gasteiger partial charge < -0.3 is 20.7 Å². The third kappa shape index (κ3) is 12.0. The summed E-state index contributed by atoms with van der Waals surface area (Å²) in [6.45, 7) is 5.07. The second kappa shape index (κ2) is 14.0. The largest absolute Gasteiger partial charge is 0.352 e. The molecule has 0 saturated heterocycles. The van der Waals surface area contributed by atoms with Gasteiger partial charge in [-0.3, -0.25) is 19.2 Å². The number of ketones is 2. The Morgan fingerprint density at radius 2 is 1.41 bits per heavy atom. The molecule has 8 nitrogen and oxygen atoms in total. The molecule has 0 aliphatic carbocycles. The summed E-state index contributed by atoms with van der Waals surface area (Å²) in [7, 11) is 1.77. The lowest BCUT2D eigenvalue weighted by molar-refractivity contribution is -0.124. The van der Waals surface area contributed by atoms with Crippen LogP contribution >= 0.6 is 0 Å². The van der Waals surface area contributed by atoms with E-state index in [9.17, 15) is 24.0 Å². The monoisotopic (exact) mass is 383 g/mol. The van der Waals surface area contributed by atoms with Crippen LogP contribution in [0.25, 0.3) is 0 Å². The molecule has 3 unspecified atom stereocenters. The first kappa shape index (κ1) is 24.9. The molecule has 0 spiro atoms. The average molecular weight is 383 g/mol. The zero-order valence-electron chi connectivity index (χ0n) is 16.8. The van der Waals surface area contributed by atoms with Gasteiger partial charge in [-0.25, -0.2) is 0 Å². The predicted octanol–water partition coefficient (Wildman–Crippen LogP) is 0.672. The minimum atomic E-state index is -0.622. The summed E-state index contributed by atoms with van der Waals surface area (Å²) < 4.78 is 0. The number of hydrogen-bond donors (Lipinski definition) is 3. The van der Waals surface area contributed by atoms with Gasteiger partial charge in [0.2, 0.25) is 11.8 Å². The van der Waals surface area contributed by atoms with E-state index in [0.717, 1.165) is 6.42 Å². The Kier molecular flexibility index (Phi) is 12.9. The maximum Gasteiger partial charge on any atom is 0.222 e. The number of Topliss-reactive ketones (excluding diaryl/α,β-unsaturated/α-hetero) is 2. The van der Waals surface area contributed by atoms with Gasteiger partial charge in [0.25, 0.3) is 0 Å². The van der Waals surface area contributed by atoms with Crippen molar-refractivity contribution in [3.05, 3.63) is 0 Å². The highest BCUT2D eigenvalue weighted by Gasteiger charge is 2.22. The number of hydrogen-bond acceptors (Lipinski definition) is 6. The van der Waals surface area contributed by atoms with Crippen molar-refractivity contribution in [2.75, 3.05) is 7.05 Å². The van der Waals surface area contributed by atoms with Gasteiger partial charge in [-0.05, 0) is 20.4 Å². The smallest absolute Gasteiger partial charge is 0.222 e. The standard InChI is InChI=1S/C19H33N3O5/c1-5-14(20-4)11-18(26)22-16(9-13(3)24)12-19(27)21-15(7-8-23)10-17(25)6-2/h8,14-16,20H,5-7,9-12H2,1-4H3,(H,21,27)(H,22,26). The van der Waals surface area contributed by atoms with Gasteiger partial charge in [-0.15, -0.1) is 0 Å². The minimum Gasteiger partial charge on any atom is -0.352 e. The molecule has 0 rings (SSSR count). The van der Waals surface area contributed by atoms with E-state index in [1.807, 2.05) is 6.92 Å². The van der Waals surface area contributed by atoms with Crippen LogP contribution in [0, 0.1) is 0 Å². The summed E-state index contributed by atoms with van der Waals surface area (Å²) >= 11 is 0. The fourth-order valence-electron chi connectivity index (χ4n) is 2.72. The van der Waals surface area contributed by atoms with Crippen molar-refractivity contribution in [1.29, 1.82) is 0 Å². The van der Waals surface area contributed by atoms with Crippen LogP contribution < -0.4 is 16.0 Å². The van der Waals surface area contributed by atoms with E-state index >= 15 is 0 Å². The molecule has 0 heterocycles. The number of rotatable bonds is 15. The van der Waals surface area contributed by atoms with E-state index in [1.165, 1.54) is 6.92 Å². The van der Waals surface area contributed by atoms with Crippen molar-refractivity contribution >= 4 is 29.7 Å². The molecule has 0 aliphatic heterocycles.